The molecule has 2 aliphatic rings. The lowest BCUT2D eigenvalue weighted by Crippen LogP contribution is -2.46. The Morgan fingerprint density at radius 2 is 1.77 bits per heavy atom. The van der Waals surface area contributed by atoms with Gasteiger partial charge in [0, 0.05) is 49.6 Å². The molecule has 0 radical (unpaired) electrons. The number of urea groups is 1. The summed E-state index contributed by atoms with van der Waals surface area (Å²) in [6, 6.07) is 11.5. The Labute approximate surface area is 230 Å². The Bertz CT molecular complexity index is 1280. The molecule has 0 spiro atoms. The SMILES string of the molecule is CCOC(=O)N1CCC(NC(=O)c2csc(C3CCN(C(=O)Nc4cc(-c5ccccc5)[nH]n4)CC3)n2)CC1. The van der Waals surface area contributed by atoms with Gasteiger partial charge in [0.25, 0.3) is 5.91 Å². The van der Waals surface area contributed by atoms with Gasteiger partial charge in [0.15, 0.2) is 5.82 Å². The molecule has 0 bridgehead atoms. The largest absolute Gasteiger partial charge is 0.450 e. The second-order valence-electron chi connectivity index (χ2n) is 9.73. The van der Waals surface area contributed by atoms with E-state index in [4.69, 9.17) is 4.74 Å². The summed E-state index contributed by atoms with van der Waals surface area (Å²) in [7, 11) is 0. The van der Waals surface area contributed by atoms with Gasteiger partial charge in [0.1, 0.15) is 5.69 Å². The van der Waals surface area contributed by atoms with E-state index in [1.165, 1.54) is 11.3 Å². The predicted octanol–water partition coefficient (Wildman–Crippen LogP) is 4.30. The number of likely N-dealkylation sites (tertiary alicyclic amines) is 2. The molecule has 0 atom stereocenters. The Morgan fingerprint density at radius 1 is 1.05 bits per heavy atom. The second kappa shape index (κ2) is 12.3. The van der Waals surface area contributed by atoms with Gasteiger partial charge in [-0.25, -0.2) is 14.6 Å². The highest BCUT2D eigenvalue weighted by Crippen LogP contribution is 2.31. The summed E-state index contributed by atoms with van der Waals surface area (Å²) in [5.41, 5.74) is 2.27. The molecule has 3 aromatic rings. The van der Waals surface area contributed by atoms with Gasteiger partial charge < -0.3 is 19.9 Å². The van der Waals surface area contributed by atoms with Crippen molar-refractivity contribution in [2.75, 3.05) is 38.1 Å². The molecular formula is C27H33N7O4S. The van der Waals surface area contributed by atoms with E-state index in [1.807, 2.05) is 36.4 Å². The van der Waals surface area contributed by atoms with Crippen LogP contribution in [-0.2, 0) is 4.74 Å². The molecule has 2 saturated heterocycles. The van der Waals surface area contributed by atoms with Gasteiger partial charge in [-0.1, -0.05) is 30.3 Å². The minimum Gasteiger partial charge on any atom is -0.450 e. The number of benzene rings is 1. The number of piperidine rings is 2. The minimum atomic E-state index is -0.298. The van der Waals surface area contributed by atoms with Gasteiger partial charge in [0.2, 0.25) is 0 Å². The van der Waals surface area contributed by atoms with Crippen LogP contribution in [0.25, 0.3) is 11.3 Å². The van der Waals surface area contributed by atoms with Gasteiger partial charge in [-0.3, -0.25) is 15.2 Å². The van der Waals surface area contributed by atoms with Crippen molar-refractivity contribution >= 4 is 35.2 Å². The predicted molar refractivity (Wildman–Crippen MR) is 148 cm³/mol. The number of carbonyl (C=O) groups is 3. The molecule has 0 saturated carbocycles. The maximum atomic E-state index is 12.8. The molecule has 0 unspecified atom stereocenters. The molecule has 3 N–H and O–H groups in total. The maximum Gasteiger partial charge on any atom is 0.409 e. The number of hydrogen-bond acceptors (Lipinski definition) is 7. The Morgan fingerprint density at radius 3 is 2.49 bits per heavy atom. The van der Waals surface area contributed by atoms with Gasteiger partial charge in [-0.2, -0.15) is 5.10 Å². The zero-order valence-electron chi connectivity index (χ0n) is 21.9. The summed E-state index contributed by atoms with van der Waals surface area (Å²) in [5, 5.41) is 15.8. The number of rotatable bonds is 6. The topological polar surface area (TPSA) is 133 Å². The van der Waals surface area contributed by atoms with Crippen LogP contribution in [0.5, 0.6) is 0 Å². The van der Waals surface area contributed by atoms with Crippen LogP contribution in [0.15, 0.2) is 41.8 Å². The third-order valence-electron chi connectivity index (χ3n) is 7.14. The van der Waals surface area contributed by atoms with E-state index in [0.29, 0.717) is 57.1 Å². The van der Waals surface area contributed by atoms with E-state index in [9.17, 15) is 14.4 Å². The molecule has 206 valence electrons. The Kier molecular flexibility index (Phi) is 8.40. The molecule has 2 aromatic heterocycles. The average molecular weight is 552 g/mol. The summed E-state index contributed by atoms with van der Waals surface area (Å²) in [6.07, 6.45) is 2.64. The molecule has 11 nitrogen and oxygen atoms in total. The smallest absolute Gasteiger partial charge is 0.409 e. The van der Waals surface area contributed by atoms with E-state index in [-0.39, 0.29) is 30.0 Å². The zero-order valence-corrected chi connectivity index (χ0v) is 22.7. The summed E-state index contributed by atoms with van der Waals surface area (Å²) >= 11 is 1.49. The number of carbonyl (C=O) groups excluding carboxylic acids is 3. The number of amides is 4. The monoisotopic (exact) mass is 551 g/mol. The van der Waals surface area contributed by atoms with Gasteiger partial charge >= 0.3 is 12.1 Å². The summed E-state index contributed by atoms with van der Waals surface area (Å²) in [6.45, 7) is 4.48. The van der Waals surface area contributed by atoms with Crippen LogP contribution < -0.4 is 10.6 Å². The second-order valence-corrected chi connectivity index (χ2v) is 10.6. The zero-order chi connectivity index (χ0) is 27.2. The van der Waals surface area contributed by atoms with Crippen molar-refractivity contribution in [3.8, 4) is 11.3 Å². The van der Waals surface area contributed by atoms with Crippen molar-refractivity contribution in [3.05, 3.63) is 52.5 Å². The number of nitrogens with zero attached hydrogens (tertiary/aromatic N) is 4. The fraction of sp³-hybridized carbons (Fsp3) is 0.444. The summed E-state index contributed by atoms with van der Waals surface area (Å²) in [5.74, 6) is 0.518. The number of nitrogens with one attached hydrogen (secondary N) is 3. The van der Waals surface area contributed by atoms with Crippen molar-refractivity contribution in [2.24, 2.45) is 0 Å². The first-order valence-corrected chi connectivity index (χ1v) is 14.2. The third-order valence-corrected chi connectivity index (χ3v) is 8.15. The molecule has 2 aliphatic heterocycles. The van der Waals surface area contributed by atoms with Crippen molar-refractivity contribution in [3.63, 3.8) is 0 Å². The minimum absolute atomic E-state index is 0.00775. The van der Waals surface area contributed by atoms with E-state index >= 15 is 0 Å². The fourth-order valence-corrected chi connectivity index (χ4v) is 5.90. The van der Waals surface area contributed by atoms with Crippen LogP contribution in [0.1, 0.15) is 54.0 Å². The maximum absolute atomic E-state index is 12.8. The first-order chi connectivity index (χ1) is 19.0. The lowest BCUT2D eigenvalue weighted by Gasteiger charge is -2.31. The number of H-pyrrole nitrogens is 1. The highest BCUT2D eigenvalue weighted by Gasteiger charge is 2.28. The fourth-order valence-electron chi connectivity index (χ4n) is 4.93. The quantitative estimate of drug-likeness (QED) is 0.419. The van der Waals surface area contributed by atoms with Crippen molar-refractivity contribution in [2.45, 2.75) is 44.6 Å². The highest BCUT2D eigenvalue weighted by atomic mass is 32.1. The molecule has 4 heterocycles. The molecule has 1 aromatic carbocycles. The molecule has 12 heteroatoms. The third kappa shape index (κ3) is 6.56. The van der Waals surface area contributed by atoms with Crippen molar-refractivity contribution < 1.29 is 19.1 Å². The molecule has 4 amide bonds. The van der Waals surface area contributed by atoms with Gasteiger partial charge in [-0.05, 0) is 38.2 Å². The van der Waals surface area contributed by atoms with Crippen LogP contribution in [0, 0.1) is 0 Å². The molecule has 0 aliphatic carbocycles. The van der Waals surface area contributed by atoms with Crippen LogP contribution in [0.4, 0.5) is 15.4 Å². The van der Waals surface area contributed by atoms with Crippen molar-refractivity contribution in [1.29, 1.82) is 0 Å². The van der Waals surface area contributed by atoms with E-state index < -0.39 is 0 Å². The van der Waals surface area contributed by atoms with Crippen molar-refractivity contribution in [1.82, 2.24) is 30.3 Å². The number of ether oxygens (including phenoxy) is 1. The molecular weight excluding hydrogens is 518 g/mol. The molecule has 2 fully saturated rings. The first kappa shape index (κ1) is 26.7. The molecule has 39 heavy (non-hydrogen) atoms. The standard InChI is InChI=1S/C27H33N7O4S/c1-2-38-27(37)34-14-10-20(11-15-34)28-24(35)22-17-39-25(29-22)19-8-12-33(13-9-19)26(36)30-23-16-21(31-32-23)18-6-4-3-5-7-18/h3-7,16-17,19-20H,2,8-15H2,1H3,(H,28,35)(H2,30,31,32,36). The number of anilines is 1. The number of aromatic nitrogens is 3. The molecule has 5 rings (SSSR count). The lowest BCUT2D eigenvalue weighted by molar-refractivity contribution is 0.0857. The van der Waals surface area contributed by atoms with E-state index in [1.54, 1.807) is 22.1 Å². The van der Waals surface area contributed by atoms with Gasteiger partial charge in [0.05, 0.1) is 17.3 Å². The Balaban J connectivity index is 1.07. The average Bonchev–Trinajstić information content (AvgIpc) is 3.65. The van der Waals surface area contributed by atoms with Crippen LogP contribution in [0.2, 0.25) is 0 Å². The highest BCUT2D eigenvalue weighted by molar-refractivity contribution is 7.09. The summed E-state index contributed by atoms with van der Waals surface area (Å²) < 4.78 is 5.05. The number of thiazole rings is 1. The lowest BCUT2D eigenvalue weighted by atomic mass is 9.98. The normalized spacial score (nSPS) is 16.6. The summed E-state index contributed by atoms with van der Waals surface area (Å²) in [4.78, 5) is 45.5. The van der Waals surface area contributed by atoms with Crippen LogP contribution in [0.3, 0.4) is 0 Å². The first-order valence-electron chi connectivity index (χ1n) is 13.3. The number of hydrogen-bond donors (Lipinski definition) is 3. The van der Waals surface area contributed by atoms with E-state index in [0.717, 1.165) is 29.1 Å². The van der Waals surface area contributed by atoms with Crippen LogP contribution in [-0.4, -0.2) is 81.8 Å². The number of aromatic amines is 1. The van der Waals surface area contributed by atoms with Crippen LogP contribution >= 0.6 is 11.3 Å². The van der Waals surface area contributed by atoms with E-state index in [2.05, 4.69) is 25.8 Å². The Hall–Kier alpha value is -3.93. The van der Waals surface area contributed by atoms with Gasteiger partial charge in [-0.15, -0.1) is 11.3 Å².